The van der Waals surface area contributed by atoms with Gasteiger partial charge >= 0.3 is 5.97 Å². The van der Waals surface area contributed by atoms with Gasteiger partial charge in [0.1, 0.15) is 5.78 Å². The van der Waals surface area contributed by atoms with Gasteiger partial charge in [-0.3, -0.25) is 9.59 Å². The molecule has 0 unspecified atom stereocenters. The lowest BCUT2D eigenvalue weighted by Crippen LogP contribution is -2.70. The highest BCUT2D eigenvalue weighted by Crippen LogP contribution is 2.60. The van der Waals surface area contributed by atoms with Crippen LogP contribution in [0.3, 0.4) is 0 Å². The summed E-state index contributed by atoms with van der Waals surface area (Å²) in [5.74, 6) is -0.363. The van der Waals surface area contributed by atoms with Crippen molar-refractivity contribution in [2.45, 2.75) is 96.6 Å². The Morgan fingerprint density at radius 2 is 1.89 bits per heavy atom. The normalized spacial score (nSPS) is 47.1. The summed E-state index contributed by atoms with van der Waals surface area (Å²) in [6.07, 6.45) is 3.14. The second-order valence-corrected chi connectivity index (χ2v) is 9.16. The topological polar surface area (TPSA) is 80.3 Å². The van der Waals surface area contributed by atoms with E-state index >= 15 is 0 Å². The van der Waals surface area contributed by atoms with E-state index in [1.807, 2.05) is 13.8 Å². The predicted molar refractivity (Wildman–Crippen MR) is 99.6 cm³/mol. The van der Waals surface area contributed by atoms with E-state index in [1.165, 1.54) is 0 Å². The highest BCUT2D eigenvalue weighted by Gasteiger charge is 2.69. The Hall–Kier alpha value is -1.02. The Morgan fingerprint density at radius 1 is 1.11 bits per heavy atom. The number of Topliss-reactive ketones (excluding diaryl/α,β-unsaturated/α-hetero) is 1. The Balaban J connectivity index is 0.00000240. The molecule has 0 aromatic carbocycles. The first-order chi connectivity index (χ1) is 13.3. The molecule has 5 rings (SSSR count). The number of fused-ring (bicyclic) bond motifs is 2. The van der Waals surface area contributed by atoms with Crippen LogP contribution in [0.25, 0.3) is 0 Å². The van der Waals surface area contributed by atoms with Gasteiger partial charge in [-0.1, -0.05) is 20.8 Å². The summed E-state index contributed by atoms with van der Waals surface area (Å²) in [6.45, 7) is 7.97. The summed E-state index contributed by atoms with van der Waals surface area (Å²) in [4.78, 5) is 35.6. The van der Waals surface area contributed by atoms with Crippen molar-refractivity contribution in [3.8, 4) is 0 Å². The Labute approximate surface area is 167 Å². The predicted octanol–water partition coefficient (Wildman–Crippen LogP) is 3.74. The quantitative estimate of drug-likeness (QED) is 0.515. The Bertz CT molecular complexity index is 643. The van der Waals surface area contributed by atoms with E-state index in [4.69, 9.17) is 24.0 Å². The second kappa shape index (κ2) is 7.35. The van der Waals surface area contributed by atoms with E-state index in [9.17, 15) is 9.59 Å². The number of hydrogen-bond acceptors (Lipinski definition) is 7. The van der Waals surface area contributed by atoms with Crippen LogP contribution in [0.1, 0.15) is 74.1 Å². The fraction of sp³-hybridized carbons (Fsp3) is 0.905. The number of esters is 1. The molecule has 0 N–H and O–H groups in total. The van der Waals surface area contributed by atoms with Crippen molar-refractivity contribution < 1.29 is 35.0 Å². The van der Waals surface area contributed by atoms with Crippen LogP contribution in [-0.2, 0) is 33.6 Å². The van der Waals surface area contributed by atoms with Crippen LogP contribution in [0.5, 0.6) is 0 Å². The van der Waals surface area contributed by atoms with Gasteiger partial charge in [0, 0.05) is 32.5 Å². The van der Waals surface area contributed by atoms with Gasteiger partial charge in [0.25, 0.3) is 0 Å². The van der Waals surface area contributed by atoms with Gasteiger partial charge in [-0.25, -0.2) is 9.78 Å². The number of carbonyl (C=O) groups excluding carboxylic acids is 2. The summed E-state index contributed by atoms with van der Waals surface area (Å²) in [6, 6.07) is 0. The van der Waals surface area contributed by atoms with Crippen LogP contribution in [-0.4, -0.2) is 35.7 Å². The van der Waals surface area contributed by atoms with Crippen molar-refractivity contribution in [2.75, 3.05) is 0 Å². The molecule has 7 heteroatoms. The Morgan fingerprint density at radius 3 is 2.64 bits per heavy atom. The van der Waals surface area contributed by atoms with Crippen molar-refractivity contribution in [1.29, 1.82) is 0 Å². The first-order valence-electron chi connectivity index (χ1n) is 10.7. The van der Waals surface area contributed by atoms with Crippen molar-refractivity contribution in [1.82, 2.24) is 0 Å². The largest absolute Gasteiger partial charge is 0.435 e. The van der Waals surface area contributed by atoms with Crippen LogP contribution in [0, 0.1) is 23.7 Å². The van der Waals surface area contributed by atoms with E-state index < -0.39 is 29.9 Å². The summed E-state index contributed by atoms with van der Waals surface area (Å²) >= 11 is 0. The van der Waals surface area contributed by atoms with Crippen molar-refractivity contribution >= 4 is 11.8 Å². The van der Waals surface area contributed by atoms with E-state index in [-0.39, 0.29) is 37.8 Å². The lowest BCUT2D eigenvalue weighted by molar-refractivity contribution is -0.576. The van der Waals surface area contributed by atoms with Crippen LogP contribution in [0.2, 0.25) is 0 Å². The van der Waals surface area contributed by atoms with Gasteiger partial charge in [-0.15, -0.1) is 0 Å². The first kappa shape index (κ1) is 20.3. The van der Waals surface area contributed by atoms with Crippen molar-refractivity contribution in [3.63, 3.8) is 0 Å². The molecular weight excluding hydrogens is 364 g/mol. The van der Waals surface area contributed by atoms with Gasteiger partial charge in [-0.2, -0.15) is 0 Å². The third-order valence-electron chi connectivity index (χ3n) is 7.35. The van der Waals surface area contributed by atoms with Gasteiger partial charge in [0.05, 0.1) is 6.42 Å². The lowest BCUT2D eigenvalue weighted by Gasteiger charge is -2.59. The molecule has 28 heavy (non-hydrogen) atoms. The molecule has 1 saturated carbocycles. The van der Waals surface area contributed by atoms with Crippen molar-refractivity contribution in [3.05, 3.63) is 0 Å². The molecule has 2 bridgehead atoms. The number of rotatable bonds is 5. The lowest BCUT2D eigenvalue weighted by atomic mass is 9.58. The van der Waals surface area contributed by atoms with E-state index in [2.05, 4.69) is 6.92 Å². The molecule has 160 valence electrons. The van der Waals surface area contributed by atoms with Gasteiger partial charge in [-0.05, 0) is 38.0 Å². The molecule has 0 aromatic rings. The van der Waals surface area contributed by atoms with Gasteiger partial charge < -0.3 is 14.2 Å². The molecule has 4 aliphatic heterocycles. The molecule has 0 radical (unpaired) electrons. The smallest absolute Gasteiger partial charge is 0.308 e. The average Bonchev–Trinajstić information content (AvgIpc) is 2.90. The highest BCUT2D eigenvalue weighted by atomic mass is 17.3. The van der Waals surface area contributed by atoms with E-state index in [0.29, 0.717) is 12.3 Å². The van der Waals surface area contributed by atoms with Crippen LogP contribution >= 0.6 is 0 Å². The fourth-order valence-corrected chi connectivity index (χ4v) is 5.61. The molecule has 4 saturated heterocycles. The Kier molecular flexibility index (Phi) is 5.31. The molecule has 4 heterocycles. The van der Waals surface area contributed by atoms with E-state index in [0.717, 1.165) is 25.7 Å². The van der Waals surface area contributed by atoms with Crippen LogP contribution in [0.4, 0.5) is 0 Å². The number of ketones is 1. The minimum absolute atomic E-state index is 0. The molecule has 5 fully saturated rings. The maximum absolute atomic E-state index is 12.3. The zero-order valence-electron chi connectivity index (χ0n) is 17.3. The first-order valence-corrected chi connectivity index (χ1v) is 10.7. The SMILES string of the molecule is CCC(=O)CCC(=O)O[C@@H]1O[C@@H]2O[C@@]3(C)CC[C@H]4[C@H](C)CC[C@@H]([C@H]1C)[C@@]24OO3.[HH]. The molecule has 0 aromatic heterocycles. The summed E-state index contributed by atoms with van der Waals surface area (Å²) in [5, 5.41) is 0. The molecule has 1 spiro atoms. The fourth-order valence-electron chi connectivity index (χ4n) is 5.61. The average molecular weight is 398 g/mol. The van der Waals surface area contributed by atoms with E-state index in [1.54, 1.807) is 6.92 Å². The zero-order valence-corrected chi connectivity index (χ0v) is 17.3. The highest BCUT2D eigenvalue weighted by molar-refractivity contribution is 5.82. The maximum atomic E-state index is 12.3. The minimum Gasteiger partial charge on any atom is -0.435 e. The van der Waals surface area contributed by atoms with Crippen LogP contribution < -0.4 is 0 Å². The third kappa shape index (κ3) is 3.20. The number of ether oxygens (including phenoxy) is 3. The monoisotopic (exact) mass is 398 g/mol. The van der Waals surface area contributed by atoms with Crippen LogP contribution in [0.15, 0.2) is 0 Å². The zero-order chi connectivity index (χ0) is 20.1. The standard InChI is InChI=1S/C21H32O7.H2/c1-5-14(22)7-9-17(23)24-18-13(3)16-8-6-12(2)15-10-11-20(4)26-19(25-18)21(15,16)28-27-20;/h12-13,15-16,18-19H,5-11H2,1-4H3;1H/t12-,13-,15+,16+,18-,19-,20-,21-;/m1./s1. The molecular formula is C21H34O7. The number of hydrogen-bond donors (Lipinski definition) is 0. The molecule has 0 amide bonds. The third-order valence-corrected chi connectivity index (χ3v) is 7.35. The van der Waals surface area contributed by atoms with Crippen molar-refractivity contribution in [2.24, 2.45) is 23.7 Å². The van der Waals surface area contributed by atoms with Gasteiger partial charge in [0.15, 0.2) is 11.9 Å². The van der Waals surface area contributed by atoms with Gasteiger partial charge in [0.2, 0.25) is 12.1 Å². The minimum atomic E-state index is -0.847. The second-order valence-electron chi connectivity index (χ2n) is 9.16. The molecule has 8 atom stereocenters. The summed E-state index contributed by atoms with van der Waals surface area (Å²) in [5.41, 5.74) is -0.659. The molecule has 7 nitrogen and oxygen atoms in total. The molecule has 5 aliphatic rings. The molecule has 1 aliphatic carbocycles. The maximum Gasteiger partial charge on any atom is 0.308 e. The summed E-state index contributed by atoms with van der Waals surface area (Å²) < 4.78 is 18.1. The summed E-state index contributed by atoms with van der Waals surface area (Å²) in [7, 11) is 0. The number of carbonyl (C=O) groups is 2.